The van der Waals surface area contributed by atoms with Gasteiger partial charge in [-0.25, -0.2) is 0 Å². The Hall–Kier alpha value is -0.130. The predicted octanol–water partition coefficient (Wildman–Crippen LogP) is 4.12. The van der Waals surface area contributed by atoms with E-state index in [0.717, 1.165) is 4.48 Å². The number of hydrogen-bond acceptors (Lipinski definition) is 2. The Labute approximate surface area is 133 Å². The Balaban J connectivity index is 0. The SMILES string of the molecule is CCCCCCCCCCCC[N+](C)(C)C.CS(=O)(=O)O. The van der Waals surface area contributed by atoms with E-state index in [4.69, 9.17) is 4.55 Å². The van der Waals surface area contributed by atoms with Crippen molar-refractivity contribution in [2.24, 2.45) is 0 Å². The first-order valence-corrected chi connectivity index (χ1v) is 10.1. The van der Waals surface area contributed by atoms with Gasteiger partial charge >= 0.3 is 0 Å². The second-order valence-electron chi connectivity index (χ2n) is 6.93. The molecule has 130 valence electrons. The van der Waals surface area contributed by atoms with Crippen molar-refractivity contribution < 1.29 is 17.5 Å². The molecule has 0 rings (SSSR count). The van der Waals surface area contributed by atoms with Gasteiger partial charge in [0, 0.05) is 0 Å². The van der Waals surface area contributed by atoms with Gasteiger partial charge in [-0.15, -0.1) is 0 Å². The van der Waals surface area contributed by atoms with Crippen LogP contribution in [-0.4, -0.2) is 51.4 Å². The van der Waals surface area contributed by atoms with Crippen LogP contribution in [0, 0.1) is 0 Å². The van der Waals surface area contributed by atoms with Gasteiger partial charge in [0.15, 0.2) is 0 Å². The number of nitrogens with zero attached hydrogens (tertiary/aromatic N) is 1. The van der Waals surface area contributed by atoms with Crippen LogP contribution in [0.25, 0.3) is 0 Å². The van der Waals surface area contributed by atoms with Gasteiger partial charge in [-0.1, -0.05) is 58.3 Å². The van der Waals surface area contributed by atoms with Gasteiger partial charge in [0.2, 0.25) is 0 Å². The first kappa shape index (κ1) is 23.1. The summed E-state index contributed by atoms with van der Waals surface area (Å²) in [5.74, 6) is 0. The smallest absolute Gasteiger partial charge is 0.261 e. The van der Waals surface area contributed by atoms with Gasteiger partial charge in [-0.05, 0) is 12.8 Å². The van der Waals surface area contributed by atoms with Crippen molar-refractivity contribution in [2.75, 3.05) is 33.9 Å². The Morgan fingerprint density at radius 3 is 1.33 bits per heavy atom. The molecule has 0 fully saturated rings. The molecule has 1 N–H and O–H groups in total. The van der Waals surface area contributed by atoms with Crippen molar-refractivity contribution in [3.05, 3.63) is 0 Å². The Morgan fingerprint density at radius 1 is 0.762 bits per heavy atom. The standard InChI is InChI=1S/C15H34N.CH4O3S/c1-5-6-7-8-9-10-11-12-13-14-15-16(2,3)4;1-5(2,3)4/h5-15H2,1-4H3;1H3,(H,2,3,4)/q+1;. The number of unbranched alkanes of at least 4 members (excludes halogenated alkanes) is 9. The van der Waals surface area contributed by atoms with Crippen molar-refractivity contribution in [3.8, 4) is 0 Å². The number of rotatable bonds is 11. The highest BCUT2D eigenvalue weighted by molar-refractivity contribution is 7.85. The molecule has 0 radical (unpaired) electrons. The van der Waals surface area contributed by atoms with Gasteiger partial charge in [0.05, 0.1) is 33.9 Å². The lowest BCUT2D eigenvalue weighted by Gasteiger charge is -2.23. The molecule has 0 spiro atoms. The van der Waals surface area contributed by atoms with Gasteiger partial charge in [0.25, 0.3) is 10.1 Å². The Morgan fingerprint density at radius 2 is 1.05 bits per heavy atom. The maximum absolute atomic E-state index is 9.19. The molecule has 0 aliphatic heterocycles. The largest absolute Gasteiger partial charge is 0.331 e. The quantitative estimate of drug-likeness (QED) is 0.353. The van der Waals surface area contributed by atoms with Crippen molar-refractivity contribution >= 4 is 10.1 Å². The Bertz CT molecular complexity index is 300. The van der Waals surface area contributed by atoms with E-state index in [9.17, 15) is 8.42 Å². The molecule has 5 heteroatoms. The molecule has 0 amide bonds. The summed E-state index contributed by atoms with van der Waals surface area (Å²) in [5.41, 5.74) is 0. The summed E-state index contributed by atoms with van der Waals surface area (Å²) >= 11 is 0. The maximum Gasteiger partial charge on any atom is 0.261 e. The van der Waals surface area contributed by atoms with E-state index in [2.05, 4.69) is 28.1 Å². The van der Waals surface area contributed by atoms with E-state index in [0.29, 0.717) is 6.26 Å². The average molecular weight is 325 g/mol. The highest BCUT2D eigenvalue weighted by atomic mass is 32.2. The normalized spacial score (nSPS) is 11.9. The zero-order valence-electron chi connectivity index (χ0n) is 14.9. The van der Waals surface area contributed by atoms with Crippen LogP contribution in [0.4, 0.5) is 0 Å². The monoisotopic (exact) mass is 324 g/mol. The molecule has 4 nitrogen and oxygen atoms in total. The van der Waals surface area contributed by atoms with Crippen LogP contribution < -0.4 is 0 Å². The highest BCUT2D eigenvalue weighted by Gasteiger charge is 2.04. The van der Waals surface area contributed by atoms with Crippen LogP contribution in [0.2, 0.25) is 0 Å². The van der Waals surface area contributed by atoms with Crippen molar-refractivity contribution in [2.45, 2.75) is 71.1 Å². The fourth-order valence-electron chi connectivity index (χ4n) is 2.07. The van der Waals surface area contributed by atoms with Crippen molar-refractivity contribution in [1.82, 2.24) is 0 Å². The molecule has 0 atom stereocenters. The summed E-state index contributed by atoms with van der Waals surface area (Å²) in [6.45, 7) is 3.62. The van der Waals surface area contributed by atoms with Gasteiger partial charge in [-0.2, -0.15) is 8.42 Å². The minimum Gasteiger partial charge on any atom is -0.331 e. The molecule has 0 unspecified atom stereocenters. The molecule has 21 heavy (non-hydrogen) atoms. The molecule has 0 saturated carbocycles. The van der Waals surface area contributed by atoms with E-state index >= 15 is 0 Å². The third-order valence-electron chi connectivity index (χ3n) is 3.18. The predicted molar refractivity (Wildman–Crippen MR) is 92.2 cm³/mol. The van der Waals surface area contributed by atoms with Crippen LogP contribution in [0.15, 0.2) is 0 Å². The lowest BCUT2D eigenvalue weighted by atomic mass is 10.1. The Kier molecular flexibility index (Phi) is 14.9. The minimum absolute atomic E-state index is 0.715. The van der Waals surface area contributed by atoms with Crippen LogP contribution in [0.3, 0.4) is 0 Å². The first-order valence-electron chi connectivity index (χ1n) is 8.29. The fourth-order valence-corrected chi connectivity index (χ4v) is 2.07. The zero-order chi connectivity index (χ0) is 16.8. The molecule has 0 aliphatic rings. The number of quaternary nitrogens is 1. The van der Waals surface area contributed by atoms with Crippen molar-refractivity contribution in [1.29, 1.82) is 0 Å². The number of hydrogen-bond donors (Lipinski definition) is 1. The van der Waals surface area contributed by atoms with Gasteiger partial charge in [-0.3, -0.25) is 4.55 Å². The van der Waals surface area contributed by atoms with E-state index in [1.807, 2.05) is 0 Å². The van der Waals surface area contributed by atoms with Crippen molar-refractivity contribution in [3.63, 3.8) is 0 Å². The maximum atomic E-state index is 9.19. The molecule has 0 aromatic carbocycles. The first-order chi connectivity index (χ1) is 9.56. The molecule has 0 aromatic rings. The summed E-state index contributed by atoms with van der Waals surface area (Å²) in [6, 6.07) is 0. The molecule has 0 bridgehead atoms. The molecule has 0 heterocycles. The van der Waals surface area contributed by atoms with E-state index in [1.54, 1.807) is 0 Å². The fraction of sp³-hybridized carbons (Fsp3) is 1.00. The summed E-state index contributed by atoms with van der Waals surface area (Å²) in [4.78, 5) is 0. The second kappa shape index (κ2) is 13.5. The molecule has 0 aliphatic carbocycles. The minimum atomic E-state index is -3.67. The third-order valence-corrected chi connectivity index (χ3v) is 3.18. The van der Waals surface area contributed by atoms with E-state index in [1.165, 1.54) is 70.8 Å². The third kappa shape index (κ3) is 38.3. The summed E-state index contributed by atoms with van der Waals surface area (Å²) < 4.78 is 27.0. The molecular weight excluding hydrogens is 286 g/mol. The van der Waals surface area contributed by atoms with Gasteiger partial charge < -0.3 is 4.48 Å². The summed E-state index contributed by atoms with van der Waals surface area (Å²) in [5, 5.41) is 0. The lowest BCUT2D eigenvalue weighted by Crippen LogP contribution is -2.35. The molecular formula is C16H38NO3S+. The lowest BCUT2D eigenvalue weighted by molar-refractivity contribution is -0.870. The van der Waals surface area contributed by atoms with Crippen LogP contribution in [0.1, 0.15) is 71.1 Å². The summed E-state index contributed by atoms with van der Waals surface area (Å²) in [7, 11) is 3.19. The molecule has 0 aromatic heterocycles. The van der Waals surface area contributed by atoms with Gasteiger partial charge in [0.1, 0.15) is 0 Å². The topological polar surface area (TPSA) is 54.4 Å². The molecule has 0 saturated heterocycles. The van der Waals surface area contributed by atoms with E-state index < -0.39 is 10.1 Å². The zero-order valence-corrected chi connectivity index (χ0v) is 15.7. The van der Waals surface area contributed by atoms with Crippen LogP contribution in [-0.2, 0) is 10.1 Å². The summed E-state index contributed by atoms with van der Waals surface area (Å²) in [6.07, 6.45) is 15.1. The highest BCUT2D eigenvalue weighted by Crippen LogP contribution is 2.10. The van der Waals surface area contributed by atoms with E-state index in [-0.39, 0.29) is 0 Å². The van der Waals surface area contributed by atoms with Crippen LogP contribution in [0.5, 0.6) is 0 Å². The average Bonchev–Trinajstić information content (AvgIpc) is 2.28. The second-order valence-corrected chi connectivity index (χ2v) is 8.39. The van der Waals surface area contributed by atoms with Crippen LogP contribution >= 0.6 is 0 Å².